The van der Waals surface area contributed by atoms with E-state index in [0.717, 1.165) is 11.8 Å². The van der Waals surface area contributed by atoms with Crippen molar-refractivity contribution in [2.75, 3.05) is 65.2 Å². The molecule has 9 heterocycles. The molecule has 17 unspecified atom stereocenters. The Morgan fingerprint density at radius 2 is 0.620 bits per heavy atom. The van der Waals surface area contributed by atoms with Crippen molar-refractivity contribution in [3.05, 3.63) is 0 Å². The van der Waals surface area contributed by atoms with Gasteiger partial charge in [-0.15, -0.1) is 11.8 Å². The average molecular weight is 1490 g/mol. The Hall–Kier alpha value is -2.15. The largest absolute Gasteiger partial charge is 0.394 e. The molecule has 0 aromatic carbocycles. The molecular weight excluding hydrogens is 1390 g/mol. The molecule has 9 saturated heterocycles. The topological polar surface area (TPSA) is 700 Å². The van der Waals surface area contributed by atoms with Gasteiger partial charge in [0, 0.05) is 6.42 Å². The number of hydrogen-bond donors (Lipinski definition) is 26. The fourth-order valence-corrected chi connectivity index (χ4v) is 13.7. The van der Waals surface area contributed by atoms with Crippen molar-refractivity contribution in [3.63, 3.8) is 0 Å². The fraction of sp³-hybridized carbons (Fsp3) is 0.964. The first kappa shape index (κ1) is 81.9. The van der Waals surface area contributed by atoms with Crippen molar-refractivity contribution in [1.82, 2.24) is 5.32 Å². The quantitative estimate of drug-likeness (QED) is 0.0255. The molecule has 45 heteroatoms. The molecule has 0 aliphatic carbocycles. The molecule has 44 nitrogen and oxygen atoms in total. The number of imide groups is 1. The van der Waals surface area contributed by atoms with Crippen LogP contribution in [0, 0.1) is 0 Å². The zero-order valence-corrected chi connectivity index (χ0v) is 53.4. The van der Waals surface area contributed by atoms with Gasteiger partial charge in [0.05, 0.1) is 64.7 Å². The van der Waals surface area contributed by atoms with Crippen molar-refractivity contribution in [3.8, 4) is 0 Å². The Balaban J connectivity index is 1.03. The van der Waals surface area contributed by atoms with Gasteiger partial charge in [0.25, 0.3) is 0 Å². The Kier molecular flexibility index (Phi) is 29.6. The molecule has 0 aromatic rings. The molecular formula is C55H91NO43S. The number of nitrogens with one attached hydrogen (secondary N) is 1. The van der Waals surface area contributed by atoms with Crippen LogP contribution in [-0.2, 0) is 85.4 Å². The fourth-order valence-electron chi connectivity index (χ4n) is 12.6. The van der Waals surface area contributed by atoms with E-state index < -0.39 is 316 Å². The van der Waals surface area contributed by atoms with Gasteiger partial charge in [-0.25, -0.2) is 0 Å². The van der Waals surface area contributed by atoms with Crippen LogP contribution in [0.4, 0.5) is 0 Å². The molecule has 580 valence electrons. The van der Waals surface area contributed by atoms with Gasteiger partial charge in [-0.1, -0.05) is 0 Å². The molecule has 0 radical (unpaired) electrons. The van der Waals surface area contributed by atoms with Crippen LogP contribution in [0.15, 0.2) is 0 Å². The molecule has 100 heavy (non-hydrogen) atoms. The van der Waals surface area contributed by atoms with Crippen LogP contribution in [0.1, 0.15) is 12.8 Å². The second kappa shape index (κ2) is 36.2. The van der Waals surface area contributed by atoms with Crippen LogP contribution in [-0.4, -0.2) is 456 Å². The first-order valence-corrected chi connectivity index (χ1v) is 33.0. The molecule has 9 aliphatic heterocycles. The van der Waals surface area contributed by atoms with E-state index in [1.807, 2.05) is 0 Å². The molecule has 26 N–H and O–H groups in total. The van der Waals surface area contributed by atoms with Gasteiger partial charge in [0.15, 0.2) is 50.3 Å². The number of carbonyl (C=O) groups excluding carboxylic acids is 2. The maximum atomic E-state index is 12.4. The first-order valence-electron chi connectivity index (χ1n) is 31.9. The van der Waals surface area contributed by atoms with E-state index in [0.29, 0.717) is 0 Å². The lowest BCUT2D eigenvalue weighted by atomic mass is 9.95. The monoisotopic (exact) mass is 1490 g/mol. The number of ether oxygens (including phenoxy) is 16. The summed E-state index contributed by atoms with van der Waals surface area (Å²) in [4.78, 5) is 24.2. The molecule has 9 rings (SSSR count). The zero-order chi connectivity index (χ0) is 73.0. The molecule has 0 saturated carbocycles. The Labute approximate surface area is 569 Å². The Bertz CT molecular complexity index is 2530. The van der Waals surface area contributed by atoms with Crippen molar-refractivity contribution < 1.29 is 213 Å². The number of carbonyl (C=O) groups is 2. The van der Waals surface area contributed by atoms with Gasteiger partial charge < -0.3 is 203 Å². The van der Waals surface area contributed by atoms with Gasteiger partial charge in [-0.05, 0) is 12.2 Å². The number of aliphatic hydroxyl groups is 25. The summed E-state index contributed by atoms with van der Waals surface area (Å²) in [5.74, 6) is -0.952. The van der Waals surface area contributed by atoms with Crippen LogP contribution < -0.4 is 5.32 Å². The summed E-state index contributed by atoms with van der Waals surface area (Å²) in [6, 6.07) is 0. The van der Waals surface area contributed by atoms with Crippen molar-refractivity contribution in [2.24, 2.45) is 0 Å². The molecule has 9 aliphatic rings. The number of amides is 2. The molecule has 9 fully saturated rings. The van der Waals surface area contributed by atoms with E-state index in [4.69, 9.17) is 75.8 Å². The highest BCUT2D eigenvalue weighted by atomic mass is 32.2. The Morgan fingerprint density at radius 3 is 1.01 bits per heavy atom. The third kappa shape index (κ3) is 17.7. The minimum atomic E-state index is -2.37. The van der Waals surface area contributed by atoms with E-state index in [9.17, 15) is 137 Å². The number of rotatable bonds is 28. The maximum Gasteiger partial charge on any atom is 0.240 e. The number of aliphatic hydroxyl groups excluding tert-OH is 25. The normalized spacial score (nSPS) is 50.5. The SMILES string of the molecule is O=C1CC(SCCCO[C@H]2OC(CO[C@@H]3OC(CO)[C@@H](O)[C@H](O)C3O[C@@H]3OC(CO)[C@@H](O[C@@H]4OC(CO)[C@H](O)[C@H](O)C4O)[C@H](O)C3O)[C@@H](O[C@@H]3OC(CO)[C@@H](O)[C@H](O)C3O[C@H]3OC(CO)[C@@H](O[C@@H]4OC(CO)[C@H](O)[C@H](O)C4O)[C@H](O)C3O)[C@H](O[C@@H]3OC(CO)[C@@H](O)[C@H](O)C3O)C2O)C(=O)N1. The summed E-state index contributed by atoms with van der Waals surface area (Å²) in [6.45, 7) is -8.84. The summed E-state index contributed by atoms with van der Waals surface area (Å²) >= 11 is 1.06. The van der Waals surface area contributed by atoms with Crippen LogP contribution in [0.2, 0.25) is 0 Å². The van der Waals surface area contributed by atoms with E-state index in [2.05, 4.69) is 5.32 Å². The standard InChI is InChI=1S/C55H91NO43S/c57-5-13-23(65)28(70)35(77)49(86-13)94-41-18(10-62)91-52(38(80)33(41)75)98-45-31(73)26(68)16(8-60)89-54(45)85-12-20-43(44(97-51-37(79)30(72)25(67)15(7-59)88-51)40(82)48(93-20)84-2-1-3-100-21-4-22(64)56-47(21)83)96-55-46(32(74)27(69)17(9-61)90-55)99-53-39(81)34(76)42(19(11-63)92-53)95-50-36(78)29(71)24(66)14(6-58)87-50/h13-21,23-46,48-55,57-63,65-82H,1-12H2,(H,56,64,83)/t13?,14?,15?,16?,17?,18?,19?,20?,21?,23-,24-,25+,26+,27+,28-,29-,30-,31-,32-,33+,34+,35?,36?,37?,38?,39?,40?,41+,42+,43+,44+,45?,46?,48-,49-,50-,51-,52-,53+,54+,55-/m0/s1. The summed E-state index contributed by atoms with van der Waals surface area (Å²) < 4.78 is 94.1. The maximum absolute atomic E-state index is 12.4. The lowest BCUT2D eigenvalue weighted by Gasteiger charge is -2.51. The zero-order valence-electron chi connectivity index (χ0n) is 52.6. The van der Waals surface area contributed by atoms with Crippen molar-refractivity contribution >= 4 is 23.6 Å². The highest BCUT2D eigenvalue weighted by Gasteiger charge is 2.60. The highest BCUT2D eigenvalue weighted by molar-refractivity contribution is 8.00. The smallest absolute Gasteiger partial charge is 0.240 e. The van der Waals surface area contributed by atoms with E-state index in [-0.39, 0.29) is 25.2 Å². The van der Waals surface area contributed by atoms with Crippen molar-refractivity contribution in [2.45, 2.75) is 264 Å². The number of thioether (sulfide) groups is 1. The van der Waals surface area contributed by atoms with E-state index in [1.54, 1.807) is 0 Å². The second-order valence-corrected chi connectivity index (χ2v) is 26.4. The molecule has 2 amide bonds. The third-order valence-electron chi connectivity index (χ3n) is 18.4. The third-order valence-corrected chi connectivity index (χ3v) is 19.7. The average Bonchev–Trinajstić information content (AvgIpc) is 0.884. The van der Waals surface area contributed by atoms with Crippen LogP contribution in [0.3, 0.4) is 0 Å². The molecule has 0 aromatic heterocycles. The van der Waals surface area contributed by atoms with Gasteiger partial charge in [0.1, 0.15) is 195 Å². The lowest BCUT2D eigenvalue weighted by Crippen LogP contribution is -2.69. The van der Waals surface area contributed by atoms with Crippen LogP contribution in [0.25, 0.3) is 0 Å². The predicted molar refractivity (Wildman–Crippen MR) is 307 cm³/mol. The first-order chi connectivity index (χ1) is 47.6. The highest BCUT2D eigenvalue weighted by Crippen LogP contribution is 2.40. The second-order valence-electron chi connectivity index (χ2n) is 25.1. The summed E-state index contributed by atoms with van der Waals surface area (Å²) in [7, 11) is 0. The Morgan fingerprint density at radius 1 is 0.310 bits per heavy atom. The lowest BCUT2D eigenvalue weighted by molar-refractivity contribution is -0.409. The van der Waals surface area contributed by atoms with Gasteiger partial charge in [-0.2, -0.15) is 0 Å². The minimum Gasteiger partial charge on any atom is -0.394 e. The summed E-state index contributed by atoms with van der Waals surface area (Å²) in [6.07, 6.45) is -83.0. The van der Waals surface area contributed by atoms with Gasteiger partial charge in [0.2, 0.25) is 11.8 Å². The summed E-state index contributed by atoms with van der Waals surface area (Å²) in [5, 5.41) is 274. The van der Waals surface area contributed by atoms with Gasteiger partial charge in [-0.3, -0.25) is 14.9 Å². The summed E-state index contributed by atoms with van der Waals surface area (Å²) in [5.41, 5.74) is 0. The minimum absolute atomic E-state index is 0.0348. The number of hydrogen-bond acceptors (Lipinski definition) is 44. The van der Waals surface area contributed by atoms with Crippen LogP contribution in [0.5, 0.6) is 0 Å². The molecule has 0 bridgehead atoms. The molecule has 0 spiro atoms. The van der Waals surface area contributed by atoms with E-state index in [1.165, 1.54) is 0 Å². The molecule has 41 atom stereocenters. The predicted octanol–water partition coefficient (Wildman–Crippen LogP) is -17.9. The van der Waals surface area contributed by atoms with E-state index >= 15 is 0 Å². The van der Waals surface area contributed by atoms with Crippen LogP contribution >= 0.6 is 11.8 Å². The van der Waals surface area contributed by atoms with Crippen molar-refractivity contribution in [1.29, 1.82) is 0 Å². The van der Waals surface area contributed by atoms with Gasteiger partial charge >= 0.3 is 0 Å².